The van der Waals surface area contributed by atoms with Gasteiger partial charge in [0.15, 0.2) is 0 Å². The highest BCUT2D eigenvalue weighted by Crippen LogP contribution is 2.55. The van der Waals surface area contributed by atoms with E-state index in [1.807, 2.05) is 31.0 Å². The monoisotopic (exact) mass is 889 g/mol. The fraction of sp³-hybridized carbons (Fsp3) is 0.480. The number of carbonyl (C=O) groups excluding carboxylic acids is 5. The van der Waals surface area contributed by atoms with Gasteiger partial charge in [-0.2, -0.15) is 0 Å². The van der Waals surface area contributed by atoms with Crippen molar-refractivity contribution in [2.24, 2.45) is 5.92 Å². The number of nitrogens with zero attached hydrogens (tertiary/aromatic N) is 3. The molecule has 3 aromatic carbocycles. The van der Waals surface area contributed by atoms with Gasteiger partial charge in [0.1, 0.15) is 23.9 Å². The number of rotatable bonds is 16. The summed E-state index contributed by atoms with van der Waals surface area (Å²) in [4.78, 5) is 78.3. The number of aromatic nitrogens is 2. The number of unbranched alkanes of at least 4 members (excludes halogenated alkanes) is 2. The van der Waals surface area contributed by atoms with Crippen LogP contribution < -0.4 is 16.0 Å². The van der Waals surface area contributed by atoms with Crippen LogP contribution in [0.2, 0.25) is 0 Å². The third-order valence-electron chi connectivity index (χ3n) is 13.4. The number of nitrogens with one attached hydrogen (secondary N) is 4. The van der Waals surface area contributed by atoms with Crippen molar-refractivity contribution in [3.63, 3.8) is 0 Å². The van der Waals surface area contributed by atoms with Crippen LogP contribution in [0.1, 0.15) is 120 Å². The summed E-state index contributed by atoms with van der Waals surface area (Å²) in [6.45, 7) is 8.68. The third kappa shape index (κ3) is 9.61. The summed E-state index contributed by atoms with van der Waals surface area (Å²) in [5, 5.41) is 19.3. The number of β-amino-alcohol motifs (C(OH)–C–C–N with tert-alkyl or cyclic N) is 1. The van der Waals surface area contributed by atoms with Crippen molar-refractivity contribution in [1.29, 1.82) is 0 Å². The molecule has 65 heavy (non-hydrogen) atoms. The largest absolute Gasteiger partial charge is 0.453 e. The first-order chi connectivity index (χ1) is 31.3. The van der Waals surface area contributed by atoms with E-state index >= 15 is 0 Å². The summed E-state index contributed by atoms with van der Waals surface area (Å²) >= 11 is 0. The molecule has 0 unspecified atom stereocenters. The van der Waals surface area contributed by atoms with E-state index in [1.54, 1.807) is 30.3 Å². The molecule has 4 aromatic rings. The molecule has 0 radical (unpaired) electrons. The van der Waals surface area contributed by atoms with Crippen LogP contribution in [-0.2, 0) is 29.3 Å². The maximum absolute atomic E-state index is 14.2. The second-order valence-corrected chi connectivity index (χ2v) is 17.9. The molecule has 2 saturated heterocycles. The molecule has 3 aliphatic rings. The van der Waals surface area contributed by atoms with Gasteiger partial charge >= 0.3 is 12.2 Å². The van der Waals surface area contributed by atoms with Crippen molar-refractivity contribution < 1.29 is 38.6 Å². The molecule has 5 N–H and O–H groups in total. The number of hydrogen-bond acceptors (Lipinski definition) is 9. The van der Waals surface area contributed by atoms with Gasteiger partial charge in [-0.15, -0.1) is 0 Å². The van der Waals surface area contributed by atoms with Crippen LogP contribution in [0.3, 0.4) is 0 Å². The smallest absolute Gasteiger partial charge is 0.407 e. The van der Waals surface area contributed by atoms with Crippen molar-refractivity contribution in [2.45, 2.75) is 121 Å². The summed E-state index contributed by atoms with van der Waals surface area (Å²) in [5.41, 5.74) is 7.19. The Kier molecular flexibility index (Phi) is 14.6. The first-order valence-electron chi connectivity index (χ1n) is 23.0. The fourth-order valence-corrected chi connectivity index (χ4v) is 10.0. The maximum atomic E-state index is 14.2. The number of aliphatic hydroxyl groups is 1. The molecular weight excluding hydrogens is 827 g/mol. The molecule has 0 saturated carbocycles. The lowest BCUT2D eigenvalue weighted by molar-refractivity contribution is -0.138. The number of aliphatic hydroxyl groups excluding tert-OH is 1. The minimum absolute atomic E-state index is 0.0445. The lowest BCUT2D eigenvalue weighted by Gasteiger charge is -2.33. The van der Waals surface area contributed by atoms with Gasteiger partial charge in [0.25, 0.3) is 5.91 Å². The SMILES string of the molecule is CCCCC1(CCCC)c2cc(NC(=O)[C@@H]3C[C@@H](O)CN3C(=O)[C@H](NC(=O)OC)c3ccccc3)ccc2-c2ccc(-c3cnc([C@@H]4CCCN4C(=O)[C@@H](NC(=O)OC)C(C)C)[nH]3)cc21. The van der Waals surface area contributed by atoms with Gasteiger partial charge in [-0.3, -0.25) is 14.4 Å². The molecule has 3 heterocycles. The van der Waals surface area contributed by atoms with Gasteiger partial charge in [0.05, 0.1) is 38.3 Å². The molecule has 1 aliphatic carbocycles. The molecule has 15 heteroatoms. The van der Waals surface area contributed by atoms with Gasteiger partial charge in [-0.25, -0.2) is 14.6 Å². The number of aromatic amines is 1. The highest BCUT2D eigenvalue weighted by molar-refractivity contribution is 5.99. The number of likely N-dealkylation sites (tertiary alicyclic amines) is 2. The van der Waals surface area contributed by atoms with Crippen molar-refractivity contribution in [3.8, 4) is 22.4 Å². The Hall–Kier alpha value is -6.22. The average Bonchev–Trinajstić information content (AvgIpc) is 4.13. The molecule has 2 fully saturated rings. The van der Waals surface area contributed by atoms with E-state index in [9.17, 15) is 29.1 Å². The van der Waals surface area contributed by atoms with Crippen LogP contribution in [0, 0.1) is 5.92 Å². The number of H-pyrrole nitrogens is 1. The Bertz CT molecular complexity index is 2360. The molecule has 5 amide bonds. The zero-order valence-electron chi connectivity index (χ0n) is 38.3. The molecule has 5 atom stereocenters. The first-order valence-corrected chi connectivity index (χ1v) is 23.0. The van der Waals surface area contributed by atoms with E-state index in [4.69, 9.17) is 14.5 Å². The lowest BCUT2D eigenvalue weighted by atomic mass is 9.70. The van der Waals surface area contributed by atoms with Crippen LogP contribution in [-0.4, -0.2) is 100 Å². The minimum atomic E-state index is -1.13. The molecule has 0 bridgehead atoms. The summed E-state index contributed by atoms with van der Waals surface area (Å²) < 4.78 is 9.63. The van der Waals surface area contributed by atoms with Gasteiger partial charge in [-0.05, 0) is 83.2 Å². The molecule has 346 valence electrons. The predicted molar refractivity (Wildman–Crippen MR) is 247 cm³/mol. The zero-order valence-corrected chi connectivity index (χ0v) is 38.3. The van der Waals surface area contributed by atoms with Crippen molar-refractivity contribution in [3.05, 3.63) is 95.4 Å². The summed E-state index contributed by atoms with van der Waals surface area (Å²) in [7, 11) is 2.50. The van der Waals surface area contributed by atoms with E-state index in [-0.39, 0.29) is 36.2 Å². The number of anilines is 1. The normalized spacial score (nSPS) is 19.3. The van der Waals surface area contributed by atoms with Gasteiger partial charge in [0, 0.05) is 30.6 Å². The maximum Gasteiger partial charge on any atom is 0.407 e. The zero-order chi connectivity index (χ0) is 46.4. The number of ether oxygens (including phenoxy) is 2. The molecule has 15 nitrogen and oxygen atoms in total. The van der Waals surface area contributed by atoms with E-state index < -0.39 is 48.2 Å². The Morgan fingerprint density at radius 2 is 1.52 bits per heavy atom. The number of benzene rings is 3. The number of hydrogen-bond donors (Lipinski definition) is 5. The highest BCUT2D eigenvalue weighted by atomic mass is 16.5. The standard InChI is InChI=1S/C50H63N7O8/c1-7-9-22-50(23-10-8-2)37-25-32(39-28-51-44(53-39)40-17-14-24-56(40)46(60)42(30(3)4)54-48(62)64-5)18-20-35(37)36-21-19-33(26-38(36)50)52-45(59)41-27-34(58)29-57(41)47(61)43(55-49(63)65-6)31-15-12-11-13-16-31/h11-13,15-16,18-21,25-26,28,30,34,40-43,58H,7-10,14,17,22-24,27,29H2,1-6H3,(H,51,53)(H,52,59)(H,54,62)(H,55,63)/t34-,40+,41+,42+,43-/m1/s1. The molecule has 1 aromatic heterocycles. The lowest BCUT2D eigenvalue weighted by Crippen LogP contribution is -2.51. The van der Waals surface area contributed by atoms with Crippen LogP contribution in [0.5, 0.6) is 0 Å². The number of carbonyl (C=O) groups is 5. The predicted octanol–water partition coefficient (Wildman–Crippen LogP) is 7.77. The van der Waals surface area contributed by atoms with Crippen molar-refractivity contribution >= 4 is 35.6 Å². The van der Waals surface area contributed by atoms with Crippen LogP contribution in [0.15, 0.2) is 72.9 Å². The number of methoxy groups -OCH3 is 2. The highest BCUT2D eigenvalue weighted by Gasteiger charge is 2.45. The summed E-state index contributed by atoms with van der Waals surface area (Å²) in [6.07, 6.45) is 6.87. The number of fused-ring (bicyclic) bond motifs is 3. The van der Waals surface area contributed by atoms with Crippen LogP contribution in [0.4, 0.5) is 15.3 Å². The third-order valence-corrected chi connectivity index (χ3v) is 13.4. The molecule has 0 spiro atoms. The average molecular weight is 890 g/mol. The van der Waals surface area contributed by atoms with Crippen molar-refractivity contribution in [1.82, 2.24) is 30.4 Å². The Labute approximate surface area is 381 Å². The number of alkyl carbamates (subject to hydrolysis) is 2. The van der Waals surface area contributed by atoms with Gasteiger partial charge < -0.3 is 45.3 Å². The Balaban J connectivity index is 1.17. The number of imidazole rings is 1. The summed E-state index contributed by atoms with van der Waals surface area (Å²) in [5.74, 6) is -0.559. The van der Waals surface area contributed by atoms with E-state index in [1.165, 1.54) is 24.7 Å². The second-order valence-electron chi connectivity index (χ2n) is 17.9. The van der Waals surface area contributed by atoms with Crippen molar-refractivity contribution in [2.75, 3.05) is 32.6 Å². The molecule has 7 rings (SSSR count). The van der Waals surface area contributed by atoms with E-state index in [0.29, 0.717) is 23.6 Å². The minimum Gasteiger partial charge on any atom is -0.453 e. The summed E-state index contributed by atoms with van der Waals surface area (Å²) in [6, 6.07) is 18.2. The first kappa shape index (κ1) is 46.8. The fourth-order valence-electron chi connectivity index (χ4n) is 10.0. The Morgan fingerprint density at radius 3 is 2.18 bits per heavy atom. The molecule has 2 aliphatic heterocycles. The van der Waals surface area contributed by atoms with Crippen LogP contribution in [0.25, 0.3) is 22.4 Å². The van der Waals surface area contributed by atoms with Gasteiger partial charge in [0.2, 0.25) is 11.8 Å². The number of amides is 5. The topological polar surface area (TPSA) is 195 Å². The van der Waals surface area contributed by atoms with E-state index in [2.05, 4.69) is 65.1 Å². The quantitative estimate of drug-likeness (QED) is 0.0747. The van der Waals surface area contributed by atoms with Crippen LogP contribution >= 0.6 is 0 Å². The van der Waals surface area contributed by atoms with Gasteiger partial charge in [-0.1, -0.05) is 102 Å². The molecular formula is C50H63N7O8. The van der Waals surface area contributed by atoms with E-state index in [0.717, 1.165) is 79.3 Å². The Morgan fingerprint density at radius 1 is 0.862 bits per heavy atom. The second kappa shape index (κ2) is 20.3.